The molecule has 1 heterocycles. The second-order valence-corrected chi connectivity index (χ2v) is 4.98. The fourth-order valence-electron chi connectivity index (χ4n) is 2.39. The van der Waals surface area contributed by atoms with E-state index in [4.69, 9.17) is 5.11 Å². The van der Waals surface area contributed by atoms with Crippen molar-refractivity contribution in [1.82, 2.24) is 15.0 Å². The maximum Gasteiger partial charge on any atom is 0.335 e. The molecule has 6 heteroatoms. The van der Waals surface area contributed by atoms with E-state index in [-0.39, 0.29) is 11.3 Å². The molecule has 3 aromatic rings. The highest BCUT2D eigenvalue weighted by Crippen LogP contribution is 2.27. The average Bonchev–Trinajstić information content (AvgIpc) is 2.99. The number of carboxylic acids is 1. The number of nitrogens with zero attached hydrogens (tertiary/aromatic N) is 4. The zero-order valence-corrected chi connectivity index (χ0v) is 12.3. The van der Waals surface area contributed by atoms with Crippen molar-refractivity contribution in [3.63, 3.8) is 0 Å². The van der Waals surface area contributed by atoms with Gasteiger partial charge in [0.25, 0.3) is 0 Å². The summed E-state index contributed by atoms with van der Waals surface area (Å²) in [6.07, 6.45) is 0. The molecule has 0 unspecified atom stereocenters. The van der Waals surface area contributed by atoms with Crippen molar-refractivity contribution < 1.29 is 9.90 Å². The van der Waals surface area contributed by atoms with E-state index in [9.17, 15) is 10.1 Å². The molecule has 3 rings (SSSR count). The molecule has 0 saturated heterocycles. The normalized spacial score (nSPS) is 10.3. The first-order valence-electron chi connectivity index (χ1n) is 6.87. The molecule has 23 heavy (non-hydrogen) atoms. The van der Waals surface area contributed by atoms with Gasteiger partial charge in [0.1, 0.15) is 11.8 Å². The zero-order valence-electron chi connectivity index (χ0n) is 12.3. The lowest BCUT2D eigenvalue weighted by Crippen LogP contribution is -2.03. The number of hydrogen-bond acceptors (Lipinski definition) is 4. The van der Waals surface area contributed by atoms with Crippen LogP contribution in [0.1, 0.15) is 21.6 Å². The number of aromatic nitrogens is 3. The first-order chi connectivity index (χ1) is 11.1. The summed E-state index contributed by atoms with van der Waals surface area (Å²) in [5, 5.41) is 26.4. The summed E-state index contributed by atoms with van der Waals surface area (Å²) in [7, 11) is 0. The maximum atomic E-state index is 11.2. The Morgan fingerprint density at radius 2 is 2.00 bits per heavy atom. The molecule has 0 bridgehead atoms. The van der Waals surface area contributed by atoms with E-state index in [1.807, 2.05) is 37.3 Å². The summed E-state index contributed by atoms with van der Waals surface area (Å²) in [6, 6.07) is 16.0. The monoisotopic (exact) mass is 304 g/mol. The lowest BCUT2D eigenvalue weighted by atomic mass is 10.0. The summed E-state index contributed by atoms with van der Waals surface area (Å²) in [6.45, 7) is 1.93. The van der Waals surface area contributed by atoms with E-state index in [1.165, 1.54) is 16.8 Å². The molecule has 112 valence electrons. The molecule has 1 N–H and O–H groups in total. The smallest absolute Gasteiger partial charge is 0.335 e. The lowest BCUT2D eigenvalue weighted by molar-refractivity contribution is 0.0697. The topological polar surface area (TPSA) is 91.8 Å². The minimum Gasteiger partial charge on any atom is -0.478 e. The van der Waals surface area contributed by atoms with Gasteiger partial charge in [-0.3, -0.25) is 0 Å². The first-order valence-corrected chi connectivity index (χ1v) is 6.87. The number of nitriles is 1. The molecule has 0 atom stereocenters. The van der Waals surface area contributed by atoms with Crippen LogP contribution in [0.15, 0.2) is 48.5 Å². The van der Waals surface area contributed by atoms with Crippen LogP contribution in [-0.2, 0) is 0 Å². The number of rotatable bonds is 3. The third kappa shape index (κ3) is 2.56. The van der Waals surface area contributed by atoms with Crippen LogP contribution in [0, 0.1) is 18.3 Å². The second-order valence-electron chi connectivity index (χ2n) is 4.98. The van der Waals surface area contributed by atoms with E-state index < -0.39 is 5.97 Å². The minimum atomic E-state index is -1.02. The fraction of sp³-hybridized carbons (Fsp3) is 0.0588. The minimum absolute atomic E-state index is 0.146. The summed E-state index contributed by atoms with van der Waals surface area (Å²) >= 11 is 0. The van der Waals surface area contributed by atoms with Crippen molar-refractivity contribution in [3.8, 4) is 23.0 Å². The van der Waals surface area contributed by atoms with E-state index in [2.05, 4.69) is 10.3 Å². The van der Waals surface area contributed by atoms with Gasteiger partial charge in [-0.05, 0) is 30.7 Å². The average molecular weight is 304 g/mol. The van der Waals surface area contributed by atoms with Gasteiger partial charge in [-0.25, -0.2) is 9.48 Å². The molecule has 0 aliphatic rings. The Morgan fingerprint density at radius 3 is 2.70 bits per heavy atom. The Labute approximate surface area is 132 Å². The summed E-state index contributed by atoms with van der Waals surface area (Å²) < 4.78 is 1.49. The van der Waals surface area contributed by atoms with Crippen LogP contribution in [0.25, 0.3) is 16.9 Å². The van der Waals surface area contributed by atoms with Gasteiger partial charge in [0.2, 0.25) is 0 Å². The molecule has 0 spiro atoms. The second kappa shape index (κ2) is 5.73. The molecule has 1 aromatic heterocycles. The van der Waals surface area contributed by atoms with Gasteiger partial charge >= 0.3 is 5.97 Å². The van der Waals surface area contributed by atoms with Crippen molar-refractivity contribution in [2.75, 3.05) is 0 Å². The van der Waals surface area contributed by atoms with Crippen LogP contribution in [-0.4, -0.2) is 26.1 Å². The Bertz CT molecular complexity index is 938. The molecule has 2 aromatic carbocycles. The largest absolute Gasteiger partial charge is 0.478 e. The number of carboxylic acid groups (broad SMARTS) is 1. The van der Waals surface area contributed by atoms with Gasteiger partial charge < -0.3 is 5.11 Å². The maximum absolute atomic E-state index is 11.2. The highest BCUT2D eigenvalue weighted by atomic mass is 16.4. The van der Waals surface area contributed by atoms with Crippen LogP contribution in [0.5, 0.6) is 0 Å². The third-order valence-electron chi connectivity index (χ3n) is 3.51. The summed E-state index contributed by atoms with van der Waals surface area (Å²) in [4.78, 5) is 11.2. The molecular formula is C17H12N4O2. The zero-order chi connectivity index (χ0) is 16.4. The van der Waals surface area contributed by atoms with Gasteiger partial charge in [-0.15, -0.1) is 5.10 Å². The van der Waals surface area contributed by atoms with E-state index in [1.54, 1.807) is 12.1 Å². The Kier molecular flexibility index (Phi) is 3.61. The van der Waals surface area contributed by atoms with E-state index in [0.29, 0.717) is 11.4 Å². The SMILES string of the molecule is Cc1ccccc1-c1c(C#N)nnn1-c1cccc(C(=O)O)c1. The molecule has 0 amide bonds. The van der Waals surface area contributed by atoms with Crippen molar-refractivity contribution >= 4 is 5.97 Å². The first kappa shape index (κ1) is 14.5. The van der Waals surface area contributed by atoms with Crippen molar-refractivity contribution in [2.24, 2.45) is 0 Å². The van der Waals surface area contributed by atoms with Gasteiger partial charge in [0.15, 0.2) is 5.69 Å². The number of carbonyl (C=O) groups is 1. The van der Waals surface area contributed by atoms with Crippen molar-refractivity contribution in [2.45, 2.75) is 6.92 Å². The predicted molar refractivity (Wildman–Crippen MR) is 83.2 cm³/mol. The molecule has 0 aliphatic carbocycles. The lowest BCUT2D eigenvalue weighted by Gasteiger charge is -2.09. The molecular weight excluding hydrogens is 292 g/mol. The number of benzene rings is 2. The highest BCUT2D eigenvalue weighted by Gasteiger charge is 2.18. The van der Waals surface area contributed by atoms with Gasteiger partial charge in [-0.1, -0.05) is 35.5 Å². The molecule has 0 radical (unpaired) electrons. The Morgan fingerprint density at radius 1 is 1.22 bits per heavy atom. The quantitative estimate of drug-likeness (QED) is 0.803. The van der Waals surface area contributed by atoms with Crippen molar-refractivity contribution in [1.29, 1.82) is 5.26 Å². The van der Waals surface area contributed by atoms with Crippen LogP contribution in [0.4, 0.5) is 0 Å². The van der Waals surface area contributed by atoms with Gasteiger partial charge in [0.05, 0.1) is 11.3 Å². The molecule has 0 saturated carbocycles. The van der Waals surface area contributed by atoms with Gasteiger partial charge in [0, 0.05) is 5.56 Å². The summed E-state index contributed by atoms with van der Waals surface area (Å²) in [5.74, 6) is -1.02. The Balaban J connectivity index is 2.25. The molecule has 6 nitrogen and oxygen atoms in total. The Hall–Kier alpha value is -3.46. The van der Waals surface area contributed by atoms with Crippen LogP contribution < -0.4 is 0 Å². The predicted octanol–water partition coefficient (Wildman–Crippen LogP) is 2.81. The number of hydrogen-bond donors (Lipinski definition) is 1. The molecule has 0 fully saturated rings. The van der Waals surface area contributed by atoms with Gasteiger partial charge in [-0.2, -0.15) is 5.26 Å². The fourth-order valence-corrected chi connectivity index (χ4v) is 2.39. The van der Waals surface area contributed by atoms with Crippen LogP contribution >= 0.6 is 0 Å². The van der Waals surface area contributed by atoms with Crippen LogP contribution in [0.3, 0.4) is 0 Å². The van der Waals surface area contributed by atoms with E-state index >= 15 is 0 Å². The highest BCUT2D eigenvalue weighted by molar-refractivity contribution is 5.88. The summed E-state index contributed by atoms with van der Waals surface area (Å²) in [5.41, 5.74) is 3.23. The van der Waals surface area contributed by atoms with Crippen LogP contribution in [0.2, 0.25) is 0 Å². The number of aromatic carboxylic acids is 1. The van der Waals surface area contributed by atoms with E-state index in [0.717, 1.165) is 11.1 Å². The standard InChI is InChI=1S/C17H12N4O2/c1-11-5-2-3-8-14(11)16-15(10-18)19-20-21(16)13-7-4-6-12(9-13)17(22)23/h2-9H,1H3,(H,22,23). The third-order valence-corrected chi connectivity index (χ3v) is 3.51. The number of aryl methyl sites for hydroxylation is 1. The molecule has 0 aliphatic heterocycles. The van der Waals surface area contributed by atoms with Crippen molar-refractivity contribution in [3.05, 3.63) is 65.4 Å².